The van der Waals surface area contributed by atoms with Crippen molar-refractivity contribution < 1.29 is 9.32 Å². The van der Waals surface area contributed by atoms with Gasteiger partial charge in [0.1, 0.15) is 5.76 Å². The zero-order chi connectivity index (χ0) is 15.4. The number of aromatic nitrogens is 4. The van der Waals surface area contributed by atoms with Crippen LogP contribution in [-0.4, -0.2) is 26.1 Å². The number of benzene rings is 1. The van der Waals surface area contributed by atoms with Crippen molar-refractivity contribution in [1.29, 1.82) is 0 Å². The molecular formula is C15H15N5O2. The Hall–Kier alpha value is -2.96. The van der Waals surface area contributed by atoms with Crippen molar-refractivity contribution in [1.82, 2.24) is 25.5 Å². The first-order valence-electron chi connectivity index (χ1n) is 6.85. The predicted octanol–water partition coefficient (Wildman–Crippen LogP) is 1.75. The molecule has 0 aliphatic carbocycles. The van der Waals surface area contributed by atoms with Gasteiger partial charge >= 0.3 is 0 Å². The standard InChI is InChI=1S/C15H15N5O2/c1-11-9-13(19-22-11)15(21)18-14(10-20-16-7-8-17-20)12-5-3-2-4-6-12/h2-9,14H,10H2,1H3,(H,18,21). The molecule has 1 aromatic carbocycles. The van der Waals surface area contributed by atoms with Crippen LogP contribution in [0.3, 0.4) is 0 Å². The van der Waals surface area contributed by atoms with Crippen molar-refractivity contribution in [3.8, 4) is 0 Å². The molecule has 0 saturated carbocycles. The number of amides is 1. The third-order valence-electron chi connectivity index (χ3n) is 3.18. The van der Waals surface area contributed by atoms with Crippen LogP contribution in [-0.2, 0) is 6.54 Å². The van der Waals surface area contributed by atoms with Crippen LogP contribution in [0, 0.1) is 6.92 Å². The minimum absolute atomic E-state index is 0.256. The van der Waals surface area contributed by atoms with E-state index in [1.807, 2.05) is 30.3 Å². The molecule has 2 aromatic heterocycles. The lowest BCUT2D eigenvalue weighted by Crippen LogP contribution is -2.32. The summed E-state index contributed by atoms with van der Waals surface area (Å²) in [6.45, 7) is 2.17. The van der Waals surface area contributed by atoms with Crippen molar-refractivity contribution >= 4 is 5.91 Å². The average Bonchev–Trinajstić information content (AvgIpc) is 3.19. The maximum Gasteiger partial charge on any atom is 0.274 e. The lowest BCUT2D eigenvalue weighted by Gasteiger charge is -2.18. The van der Waals surface area contributed by atoms with Crippen molar-refractivity contribution in [2.45, 2.75) is 19.5 Å². The first-order chi connectivity index (χ1) is 10.7. The zero-order valence-corrected chi connectivity index (χ0v) is 12.0. The van der Waals surface area contributed by atoms with Gasteiger partial charge in [0.15, 0.2) is 5.69 Å². The maximum absolute atomic E-state index is 12.3. The summed E-state index contributed by atoms with van der Waals surface area (Å²) in [4.78, 5) is 13.8. The molecule has 0 fully saturated rings. The normalized spacial score (nSPS) is 12.0. The number of carbonyl (C=O) groups is 1. The van der Waals surface area contributed by atoms with Crippen LogP contribution < -0.4 is 5.32 Å². The quantitative estimate of drug-likeness (QED) is 0.775. The van der Waals surface area contributed by atoms with E-state index in [1.165, 1.54) is 4.80 Å². The van der Waals surface area contributed by atoms with Crippen molar-refractivity contribution in [2.24, 2.45) is 0 Å². The molecule has 0 saturated heterocycles. The number of nitrogens with one attached hydrogen (secondary N) is 1. The van der Waals surface area contributed by atoms with Crippen LogP contribution in [0.4, 0.5) is 0 Å². The number of rotatable bonds is 5. The number of hydrogen-bond acceptors (Lipinski definition) is 5. The van der Waals surface area contributed by atoms with E-state index in [0.29, 0.717) is 12.3 Å². The number of nitrogens with zero attached hydrogens (tertiary/aromatic N) is 4. The molecule has 7 nitrogen and oxygen atoms in total. The molecule has 1 unspecified atom stereocenters. The van der Waals surface area contributed by atoms with Gasteiger partial charge in [0.05, 0.1) is 25.0 Å². The molecule has 0 bridgehead atoms. The lowest BCUT2D eigenvalue weighted by molar-refractivity contribution is 0.0921. The number of aryl methyl sites for hydroxylation is 1. The van der Waals surface area contributed by atoms with Gasteiger partial charge in [-0.3, -0.25) is 4.79 Å². The van der Waals surface area contributed by atoms with Crippen LogP contribution in [0.2, 0.25) is 0 Å². The molecule has 22 heavy (non-hydrogen) atoms. The fourth-order valence-corrected chi connectivity index (χ4v) is 2.13. The van der Waals surface area contributed by atoms with E-state index >= 15 is 0 Å². The summed E-state index contributed by atoms with van der Waals surface area (Å²) in [6, 6.07) is 11.0. The van der Waals surface area contributed by atoms with Crippen LogP contribution in [0.5, 0.6) is 0 Å². The fraction of sp³-hybridized carbons (Fsp3) is 0.200. The summed E-state index contributed by atoms with van der Waals surface area (Å²) < 4.78 is 4.94. The molecule has 0 aliphatic heterocycles. The van der Waals surface area contributed by atoms with Crippen LogP contribution in [0.25, 0.3) is 0 Å². The summed E-state index contributed by atoms with van der Waals surface area (Å²) >= 11 is 0. The molecule has 2 heterocycles. The highest BCUT2D eigenvalue weighted by Crippen LogP contribution is 2.15. The SMILES string of the molecule is Cc1cc(C(=O)NC(Cn2nccn2)c2ccccc2)no1. The summed E-state index contributed by atoms with van der Waals surface area (Å²) in [5, 5.41) is 14.8. The van der Waals surface area contributed by atoms with E-state index in [0.717, 1.165) is 5.56 Å². The second-order valence-electron chi connectivity index (χ2n) is 4.84. The van der Waals surface area contributed by atoms with Crippen molar-refractivity contribution in [3.05, 3.63) is 65.8 Å². The van der Waals surface area contributed by atoms with Gasteiger partial charge < -0.3 is 9.84 Å². The highest BCUT2D eigenvalue weighted by atomic mass is 16.5. The molecule has 1 atom stereocenters. The molecule has 7 heteroatoms. The molecule has 0 radical (unpaired) electrons. The van der Waals surface area contributed by atoms with Gasteiger partial charge in [-0.1, -0.05) is 35.5 Å². The first-order valence-corrected chi connectivity index (χ1v) is 6.85. The molecule has 0 aliphatic rings. The minimum atomic E-state index is -0.294. The van der Waals surface area contributed by atoms with E-state index in [9.17, 15) is 4.79 Å². The predicted molar refractivity (Wildman–Crippen MR) is 77.9 cm³/mol. The summed E-state index contributed by atoms with van der Waals surface area (Å²) in [5.74, 6) is 0.299. The molecular weight excluding hydrogens is 282 g/mol. The minimum Gasteiger partial charge on any atom is -0.361 e. The van der Waals surface area contributed by atoms with Crippen LogP contribution in [0.1, 0.15) is 27.9 Å². The van der Waals surface area contributed by atoms with Gasteiger partial charge in [0.2, 0.25) is 0 Å². The van der Waals surface area contributed by atoms with Gasteiger partial charge in [0, 0.05) is 6.07 Å². The van der Waals surface area contributed by atoms with Gasteiger partial charge in [-0.2, -0.15) is 15.0 Å². The Balaban J connectivity index is 1.80. The Morgan fingerprint density at radius 3 is 2.64 bits per heavy atom. The molecule has 0 spiro atoms. The Bertz CT molecular complexity index is 736. The van der Waals surface area contributed by atoms with Crippen molar-refractivity contribution in [2.75, 3.05) is 0 Å². The summed E-state index contributed by atoms with van der Waals surface area (Å²) in [7, 11) is 0. The highest BCUT2D eigenvalue weighted by Gasteiger charge is 2.19. The van der Waals surface area contributed by atoms with E-state index in [-0.39, 0.29) is 17.6 Å². The third-order valence-corrected chi connectivity index (χ3v) is 3.18. The molecule has 3 rings (SSSR count). The van der Waals surface area contributed by atoms with Crippen LogP contribution in [0.15, 0.2) is 53.3 Å². The Kier molecular flexibility index (Phi) is 3.95. The van der Waals surface area contributed by atoms with E-state index in [2.05, 4.69) is 20.7 Å². The first kappa shape index (κ1) is 14.0. The van der Waals surface area contributed by atoms with Gasteiger partial charge in [-0.25, -0.2) is 0 Å². The second kappa shape index (κ2) is 6.21. The monoisotopic (exact) mass is 297 g/mol. The summed E-state index contributed by atoms with van der Waals surface area (Å²) in [5.41, 5.74) is 1.22. The number of carbonyl (C=O) groups excluding carboxylic acids is 1. The molecule has 1 N–H and O–H groups in total. The fourth-order valence-electron chi connectivity index (χ4n) is 2.13. The van der Waals surface area contributed by atoms with E-state index in [4.69, 9.17) is 4.52 Å². The third kappa shape index (κ3) is 3.20. The largest absolute Gasteiger partial charge is 0.361 e. The molecule has 3 aromatic rings. The van der Waals surface area contributed by atoms with E-state index in [1.54, 1.807) is 25.4 Å². The Labute approximate surface area is 126 Å². The topological polar surface area (TPSA) is 85.8 Å². The van der Waals surface area contributed by atoms with Gasteiger partial charge in [0.25, 0.3) is 5.91 Å². The smallest absolute Gasteiger partial charge is 0.274 e. The van der Waals surface area contributed by atoms with Crippen molar-refractivity contribution in [3.63, 3.8) is 0 Å². The number of hydrogen-bond donors (Lipinski definition) is 1. The molecule has 112 valence electrons. The maximum atomic E-state index is 12.3. The molecule has 1 amide bonds. The highest BCUT2D eigenvalue weighted by molar-refractivity contribution is 5.92. The lowest BCUT2D eigenvalue weighted by atomic mass is 10.1. The van der Waals surface area contributed by atoms with Gasteiger partial charge in [-0.05, 0) is 12.5 Å². The average molecular weight is 297 g/mol. The van der Waals surface area contributed by atoms with Crippen LogP contribution >= 0.6 is 0 Å². The Morgan fingerprint density at radius 2 is 2.00 bits per heavy atom. The summed E-state index contributed by atoms with van der Waals surface area (Å²) in [6.07, 6.45) is 3.20. The second-order valence-corrected chi connectivity index (χ2v) is 4.84. The van der Waals surface area contributed by atoms with Gasteiger partial charge in [-0.15, -0.1) is 0 Å². The Morgan fingerprint density at radius 1 is 1.27 bits per heavy atom. The van der Waals surface area contributed by atoms with E-state index < -0.39 is 0 Å². The zero-order valence-electron chi connectivity index (χ0n) is 12.0.